The summed E-state index contributed by atoms with van der Waals surface area (Å²) in [4.78, 5) is 40.3. The number of imide groups is 1. The van der Waals surface area contributed by atoms with E-state index in [1.54, 1.807) is 29.2 Å². The van der Waals surface area contributed by atoms with E-state index in [1.807, 2.05) is 30.3 Å². The zero-order chi connectivity index (χ0) is 19.0. The van der Waals surface area contributed by atoms with Gasteiger partial charge in [-0.2, -0.15) is 0 Å². The third kappa shape index (κ3) is 3.53. The maximum Gasteiger partial charge on any atom is 0.261 e. The fourth-order valence-electron chi connectivity index (χ4n) is 3.89. The van der Waals surface area contributed by atoms with Gasteiger partial charge in [0.1, 0.15) is 0 Å². The van der Waals surface area contributed by atoms with Crippen molar-refractivity contribution in [3.8, 4) is 0 Å². The molecule has 4 rings (SSSR count). The predicted molar refractivity (Wildman–Crippen MR) is 107 cm³/mol. The van der Waals surface area contributed by atoms with Crippen molar-refractivity contribution in [3.63, 3.8) is 0 Å². The van der Waals surface area contributed by atoms with Crippen LogP contribution >= 0.6 is 12.4 Å². The van der Waals surface area contributed by atoms with Gasteiger partial charge in [0.05, 0.1) is 11.1 Å². The summed E-state index contributed by atoms with van der Waals surface area (Å²) in [6, 6.07) is 16.6. The minimum absolute atomic E-state index is 0. The van der Waals surface area contributed by atoms with Crippen molar-refractivity contribution in [1.82, 2.24) is 9.80 Å². The van der Waals surface area contributed by atoms with E-state index in [1.165, 1.54) is 0 Å². The lowest BCUT2D eigenvalue weighted by atomic mass is 9.95. The van der Waals surface area contributed by atoms with E-state index >= 15 is 0 Å². The lowest BCUT2D eigenvalue weighted by Crippen LogP contribution is -2.37. The van der Waals surface area contributed by atoms with Crippen molar-refractivity contribution in [1.29, 1.82) is 0 Å². The Bertz CT molecular complexity index is 868. The second-order valence-corrected chi connectivity index (χ2v) is 7.04. The Morgan fingerprint density at radius 2 is 1.50 bits per heavy atom. The number of benzene rings is 2. The van der Waals surface area contributed by atoms with Gasteiger partial charge >= 0.3 is 0 Å². The quantitative estimate of drug-likeness (QED) is 0.797. The molecule has 3 amide bonds. The van der Waals surface area contributed by atoms with Crippen molar-refractivity contribution >= 4 is 30.1 Å². The van der Waals surface area contributed by atoms with Gasteiger partial charge in [0.15, 0.2) is 0 Å². The molecule has 2 N–H and O–H groups in total. The molecule has 0 saturated carbocycles. The van der Waals surface area contributed by atoms with Crippen LogP contribution in [0.2, 0.25) is 0 Å². The molecule has 2 atom stereocenters. The molecule has 146 valence electrons. The molecule has 2 aliphatic rings. The Hall–Kier alpha value is -2.70. The first-order chi connectivity index (χ1) is 13.1. The lowest BCUT2D eigenvalue weighted by Gasteiger charge is -2.19. The van der Waals surface area contributed by atoms with Crippen molar-refractivity contribution in [3.05, 3.63) is 71.3 Å². The van der Waals surface area contributed by atoms with Crippen LogP contribution in [0.4, 0.5) is 0 Å². The third-order valence-corrected chi connectivity index (χ3v) is 5.37. The van der Waals surface area contributed by atoms with Gasteiger partial charge in [-0.3, -0.25) is 19.3 Å². The first-order valence-electron chi connectivity index (χ1n) is 9.10. The van der Waals surface area contributed by atoms with E-state index in [2.05, 4.69) is 0 Å². The van der Waals surface area contributed by atoms with Gasteiger partial charge in [0.2, 0.25) is 5.91 Å². The minimum atomic E-state index is -0.330. The number of nitrogens with zero attached hydrogens (tertiary/aromatic N) is 2. The van der Waals surface area contributed by atoms with Crippen molar-refractivity contribution in [2.75, 3.05) is 19.6 Å². The van der Waals surface area contributed by atoms with E-state index in [-0.39, 0.29) is 55.1 Å². The maximum atomic E-state index is 12.6. The maximum absolute atomic E-state index is 12.6. The number of hydrogen-bond acceptors (Lipinski definition) is 4. The van der Waals surface area contributed by atoms with Crippen LogP contribution in [0.3, 0.4) is 0 Å². The topological polar surface area (TPSA) is 83.7 Å². The zero-order valence-corrected chi connectivity index (χ0v) is 16.1. The van der Waals surface area contributed by atoms with Gasteiger partial charge in [-0.25, -0.2) is 0 Å². The zero-order valence-electron chi connectivity index (χ0n) is 15.3. The molecule has 1 fully saturated rings. The predicted octanol–water partition coefficient (Wildman–Crippen LogP) is 2.05. The number of hydrogen-bond donors (Lipinski definition) is 1. The Morgan fingerprint density at radius 1 is 0.929 bits per heavy atom. The van der Waals surface area contributed by atoms with E-state index in [0.29, 0.717) is 24.2 Å². The monoisotopic (exact) mass is 399 g/mol. The van der Waals surface area contributed by atoms with Crippen molar-refractivity contribution < 1.29 is 14.4 Å². The third-order valence-electron chi connectivity index (χ3n) is 5.37. The molecule has 2 aromatic rings. The highest BCUT2D eigenvalue weighted by Gasteiger charge is 2.37. The smallest absolute Gasteiger partial charge is 0.261 e. The second-order valence-electron chi connectivity index (χ2n) is 7.04. The van der Waals surface area contributed by atoms with Gasteiger partial charge in [-0.15, -0.1) is 12.4 Å². The van der Waals surface area contributed by atoms with Crippen LogP contribution in [-0.2, 0) is 4.79 Å². The molecule has 0 aromatic heterocycles. The van der Waals surface area contributed by atoms with Gasteiger partial charge in [0.25, 0.3) is 11.8 Å². The van der Waals surface area contributed by atoms with E-state index in [4.69, 9.17) is 5.73 Å². The molecule has 28 heavy (non-hydrogen) atoms. The number of rotatable bonds is 4. The molecule has 0 bridgehead atoms. The molecular formula is C21H22ClN3O3. The van der Waals surface area contributed by atoms with Crippen LogP contribution in [-0.4, -0.2) is 53.2 Å². The largest absolute Gasteiger partial charge is 0.340 e. The van der Waals surface area contributed by atoms with Crippen molar-refractivity contribution in [2.24, 2.45) is 5.73 Å². The SMILES string of the molecule is Cl.N[C@@H]1CN(C(=O)CCN2C(=O)c3ccccc3C2=O)C[C@H]1c1ccccc1. The molecular weight excluding hydrogens is 378 g/mol. The van der Waals surface area contributed by atoms with Crippen LogP contribution in [0.5, 0.6) is 0 Å². The molecule has 7 heteroatoms. The molecule has 1 saturated heterocycles. The van der Waals surface area contributed by atoms with E-state index in [0.717, 1.165) is 10.5 Å². The first kappa shape index (κ1) is 20.0. The average Bonchev–Trinajstić information content (AvgIpc) is 3.20. The summed E-state index contributed by atoms with van der Waals surface area (Å²) < 4.78 is 0. The highest BCUT2D eigenvalue weighted by Crippen LogP contribution is 2.27. The molecule has 0 radical (unpaired) electrons. The number of fused-ring (bicyclic) bond motifs is 1. The summed E-state index contributed by atoms with van der Waals surface area (Å²) in [7, 11) is 0. The number of likely N-dealkylation sites (tertiary alicyclic amines) is 1. The summed E-state index contributed by atoms with van der Waals surface area (Å²) in [6.07, 6.45) is 0.111. The fraction of sp³-hybridized carbons (Fsp3) is 0.286. The summed E-state index contributed by atoms with van der Waals surface area (Å²) in [6.45, 7) is 1.14. The number of carbonyl (C=O) groups is 3. The van der Waals surface area contributed by atoms with Crippen LogP contribution in [0, 0.1) is 0 Å². The molecule has 2 aromatic carbocycles. The molecule has 0 spiro atoms. The van der Waals surface area contributed by atoms with Crippen molar-refractivity contribution in [2.45, 2.75) is 18.4 Å². The fourth-order valence-corrected chi connectivity index (χ4v) is 3.89. The van der Waals surface area contributed by atoms with E-state index < -0.39 is 0 Å². The lowest BCUT2D eigenvalue weighted by molar-refractivity contribution is -0.130. The van der Waals surface area contributed by atoms with Gasteiger partial charge in [-0.05, 0) is 17.7 Å². The van der Waals surface area contributed by atoms with Gasteiger partial charge in [-0.1, -0.05) is 42.5 Å². The highest BCUT2D eigenvalue weighted by molar-refractivity contribution is 6.21. The summed E-state index contributed by atoms with van der Waals surface area (Å²) in [5.41, 5.74) is 8.18. The Balaban J connectivity index is 0.00000225. The number of nitrogens with two attached hydrogens (primary N) is 1. The number of carbonyl (C=O) groups excluding carboxylic acids is 3. The van der Waals surface area contributed by atoms with Crippen LogP contribution in [0.1, 0.15) is 38.6 Å². The van der Waals surface area contributed by atoms with Gasteiger partial charge < -0.3 is 10.6 Å². The molecule has 2 aliphatic heterocycles. The van der Waals surface area contributed by atoms with Crippen LogP contribution < -0.4 is 5.73 Å². The standard InChI is InChI=1S/C21H21N3O3.ClH/c22-18-13-23(12-17(18)14-6-2-1-3-7-14)19(25)10-11-24-20(26)15-8-4-5-9-16(15)21(24)27;/h1-9,17-18H,10-13,22H2;1H/t17-,18+;/m0./s1. The highest BCUT2D eigenvalue weighted by atomic mass is 35.5. The molecule has 6 nitrogen and oxygen atoms in total. The minimum Gasteiger partial charge on any atom is -0.340 e. The van der Waals surface area contributed by atoms with Crippen LogP contribution in [0.25, 0.3) is 0 Å². The Morgan fingerprint density at radius 3 is 2.11 bits per heavy atom. The van der Waals surface area contributed by atoms with Gasteiger partial charge in [0, 0.05) is 38.0 Å². The summed E-state index contributed by atoms with van der Waals surface area (Å²) in [5, 5.41) is 0. The number of halogens is 1. The Kier molecular flexibility index (Phi) is 5.82. The number of amides is 3. The second kappa shape index (κ2) is 8.12. The Labute approximate surface area is 169 Å². The first-order valence-corrected chi connectivity index (χ1v) is 9.10. The normalized spacial score (nSPS) is 20.9. The summed E-state index contributed by atoms with van der Waals surface area (Å²) >= 11 is 0. The molecule has 2 heterocycles. The molecule has 0 unspecified atom stereocenters. The van der Waals surface area contributed by atoms with E-state index in [9.17, 15) is 14.4 Å². The summed E-state index contributed by atoms with van der Waals surface area (Å²) in [5.74, 6) is -0.637. The average molecular weight is 400 g/mol. The van der Waals surface area contributed by atoms with Crippen LogP contribution in [0.15, 0.2) is 54.6 Å². The molecule has 0 aliphatic carbocycles.